The molecule has 1 heterocycles. The SMILES string of the molecule is CC(C)(C)OC(=O)N1CCC(C(C)(C)C(O)C(=O)O)CC1. The van der Waals surface area contributed by atoms with Gasteiger partial charge in [0, 0.05) is 18.5 Å². The number of carboxylic acids is 1. The topological polar surface area (TPSA) is 87.1 Å². The van der Waals surface area contributed by atoms with Crippen molar-refractivity contribution in [2.45, 2.75) is 59.2 Å². The van der Waals surface area contributed by atoms with E-state index in [1.165, 1.54) is 0 Å². The van der Waals surface area contributed by atoms with Gasteiger partial charge in [0.15, 0.2) is 6.10 Å². The summed E-state index contributed by atoms with van der Waals surface area (Å²) in [4.78, 5) is 24.6. The van der Waals surface area contributed by atoms with Gasteiger partial charge in [-0.05, 0) is 39.5 Å². The van der Waals surface area contributed by atoms with Gasteiger partial charge in [-0.25, -0.2) is 9.59 Å². The Morgan fingerprint density at radius 1 is 1.14 bits per heavy atom. The third-order valence-corrected chi connectivity index (χ3v) is 4.14. The van der Waals surface area contributed by atoms with Crippen LogP contribution in [0.5, 0.6) is 0 Å². The Hall–Kier alpha value is -1.30. The normalized spacial score (nSPS) is 19.2. The van der Waals surface area contributed by atoms with E-state index in [2.05, 4.69) is 0 Å². The third kappa shape index (κ3) is 4.59. The summed E-state index contributed by atoms with van der Waals surface area (Å²) in [6, 6.07) is 0. The number of hydrogen-bond donors (Lipinski definition) is 2. The van der Waals surface area contributed by atoms with Crippen LogP contribution in [0.4, 0.5) is 4.79 Å². The van der Waals surface area contributed by atoms with Crippen molar-refractivity contribution in [3.05, 3.63) is 0 Å². The predicted molar refractivity (Wildman–Crippen MR) is 78.0 cm³/mol. The molecule has 0 aromatic heterocycles. The Kier molecular flexibility index (Phi) is 5.25. The molecule has 0 aromatic rings. The first kappa shape index (κ1) is 17.8. The highest BCUT2D eigenvalue weighted by atomic mass is 16.6. The minimum Gasteiger partial charge on any atom is -0.479 e. The lowest BCUT2D eigenvalue weighted by Gasteiger charge is -2.42. The van der Waals surface area contributed by atoms with Crippen molar-refractivity contribution in [2.24, 2.45) is 11.3 Å². The van der Waals surface area contributed by atoms with Crippen LogP contribution < -0.4 is 0 Å². The maximum absolute atomic E-state index is 12.0. The molecule has 0 aromatic carbocycles. The smallest absolute Gasteiger partial charge is 0.410 e. The molecule has 1 aliphatic rings. The summed E-state index contributed by atoms with van der Waals surface area (Å²) in [5.41, 5.74) is -1.24. The molecule has 1 rings (SSSR count). The molecular weight excluding hydrogens is 274 g/mol. The highest BCUT2D eigenvalue weighted by Gasteiger charge is 2.42. The van der Waals surface area contributed by atoms with Crippen LogP contribution in [0.1, 0.15) is 47.5 Å². The monoisotopic (exact) mass is 301 g/mol. The molecule has 1 amide bonds. The van der Waals surface area contributed by atoms with Crippen molar-refractivity contribution in [3.8, 4) is 0 Å². The molecule has 21 heavy (non-hydrogen) atoms. The number of carboxylic acid groups (broad SMARTS) is 1. The number of carbonyl (C=O) groups is 2. The molecule has 2 N–H and O–H groups in total. The number of aliphatic carboxylic acids is 1. The lowest BCUT2D eigenvalue weighted by molar-refractivity contribution is -0.156. The first-order chi connectivity index (χ1) is 9.45. The van der Waals surface area contributed by atoms with Gasteiger partial charge < -0.3 is 19.8 Å². The van der Waals surface area contributed by atoms with E-state index in [1.54, 1.807) is 18.7 Å². The van der Waals surface area contributed by atoms with Gasteiger partial charge in [0.25, 0.3) is 0 Å². The van der Waals surface area contributed by atoms with Crippen molar-refractivity contribution in [1.29, 1.82) is 0 Å². The number of ether oxygens (including phenoxy) is 1. The van der Waals surface area contributed by atoms with E-state index >= 15 is 0 Å². The lowest BCUT2D eigenvalue weighted by Crippen LogP contribution is -2.48. The average molecular weight is 301 g/mol. The number of rotatable bonds is 3. The number of aliphatic hydroxyl groups is 1. The summed E-state index contributed by atoms with van der Waals surface area (Å²) in [5.74, 6) is -1.14. The Bertz CT molecular complexity index is 391. The molecular formula is C15H27NO5. The van der Waals surface area contributed by atoms with E-state index in [-0.39, 0.29) is 12.0 Å². The fourth-order valence-corrected chi connectivity index (χ4v) is 2.67. The number of aliphatic hydroxyl groups excluding tert-OH is 1. The molecule has 1 unspecified atom stereocenters. The molecule has 6 nitrogen and oxygen atoms in total. The van der Waals surface area contributed by atoms with Crippen LogP contribution >= 0.6 is 0 Å². The van der Waals surface area contributed by atoms with Crippen LogP contribution in [0.25, 0.3) is 0 Å². The number of likely N-dealkylation sites (tertiary alicyclic amines) is 1. The molecule has 1 atom stereocenters. The Balaban J connectivity index is 2.60. The fraction of sp³-hybridized carbons (Fsp3) is 0.867. The van der Waals surface area contributed by atoms with Crippen molar-refractivity contribution < 1.29 is 24.5 Å². The summed E-state index contributed by atoms with van der Waals surface area (Å²) in [7, 11) is 0. The third-order valence-electron chi connectivity index (χ3n) is 4.14. The Morgan fingerprint density at radius 3 is 2.00 bits per heavy atom. The molecule has 1 aliphatic heterocycles. The number of nitrogens with zero attached hydrogens (tertiary/aromatic N) is 1. The largest absolute Gasteiger partial charge is 0.479 e. The Morgan fingerprint density at radius 2 is 1.62 bits per heavy atom. The highest BCUT2D eigenvalue weighted by Crippen LogP contribution is 2.38. The van der Waals surface area contributed by atoms with Gasteiger partial charge in [0.1, 0.15) is 5.60 Å². The molecule has 0 aliphatic carbocycles. The van der Waals surface area contributed by atoms with Crippen molar-refractivity contribution in [1.82, 2.24) is 4.90 Å². The van der Waals surface area contributed by atoms with Crippen LogP contribution in [0, 0.1) is 11.3 Å². The number of amides is 1. The van der Waals surface area contributed by atoms with Crippen molar-refractivity contribution in [2.75, 3.05) is 13.1 Å². The zero-order valence-electron chi connectivity index (χ0n) is 13.5. The average Bonchev–Trinajstić information content (AvgIpc) is 2.35. The molecule has 0 radical (unpaired) electrons. The van der Waals surface area contributed by atoms with Crippen molar-refractivity contribution >= 4 is 12.1 Å². The number of piperidine rings is 1. The second-order valence-electron chi connectivity index (χ2n) is 7.30. The Labute approximate surface area is 126 Å². The van der Waals surface area contributed by atoms with Gasteiger partial charge >= 0.3 is 12.1 Å². The van der Waals surface area contributed by atoms with Crippen molar-refractivity contribution in [3.63, 3.8) is 0 Å². The van der Waals surface area contributed by atoms with Gasteiger partial charge in [-0.2, -0.15) is 0 Å². The maximum atomic E-state index is 12.0. The van der Waals surface area contributed by atoms with Crippen LogP contribution in [-0.4, -0.2) is 52.0 Å². The van der Waals surface area contributed by atoms with E-state index < -0.39 is 23.1 Å². The molecule has 122 valence electrons. The molecule has 1 saturated heterocycles. The summed E-state index contributed by atoms with van der Waals surface area (Å²) in [6.07, 6.45) is -0.402. The van der Waals surface area contributed by atoms with Crippen LogP contribution in [0.2, 0.25) is 0 Å². The highest BCUT2D eigenvalue weighted by molar-refractivity contribution is 5.73. The fourth-order valence-electron chi connectivity index (χ4n) is 2.67. The quantitative estimate of drug-likeness (QED) is 0.833. The molecule has 0 spiro atoms. The van der Waals surface area contributed by atoms with E-state index in [4.69, 9.17) is 9.84 Å². The van der Waals surface area contributed by atoms with Gasteiger partial charge in [-0.15, -0.1) is 0 Å². The van der Waals surface area contributed by atoms with Gasteiger partial charge in [-0.3, -0.25) is 0 Å². The summed E-state index contributed by atoms with van der Waals surface area (Å²) in [6.45, 7) is 10.0. The standard InChI is InChI=1S/C15H27NO5/c1-14(2,3)21-13(20)16-8-6-10(7-9-16)15(4,5)11(17)12(18)19/h10-11,17H,6-9H2,1-5H3,(H,18,19). The zero-order chi connectivity index (χ0) is 16.4. The number of carbonyl (C=O) groups excluding carboxylic acids is 1. The summed E-state index contributed by atoms with van der Waals surface area (Å²) >= 11 is 0. The zero-order valence-corrected chi connectivity index (χ0v) is 13.5. The second kappa shape index (κ2) is 6.22. The lowest BCUT2D eigenvalue weighted by atomic mass is 9.70. The van der Waals surface area contributed by atoms with E-state index in [0.717, 1.165) is 0 Å². The first-order valence-electron chi connectivity index (χ1n) is 7.34. The maximum Gasteiger partial charge on any atom is 0.410 e. The molecule has 6 heteroatoms. The summed E-state index contributed by atoms with van der Waals surface area (Å²) in [5, 5.41) is 18.8. The number of hydrogen-bond acceptors (Lipinski definition) is 4. The van der Waals surface area contributed by atoms with Gasteiger partial charge in [0.2, 0.25) is 0 Å². The van der Waals surface area contributed by atoms with Gasteiger partial charge in [-0.1, -0.05) is 13.8 Å². The second-order valence-corrected chi connectivity index (χ2v) is 7.30. The van der Waals surface area contributed by atoms with E-state index in [0.29, 0.717) is 25.9 Å². The minimum absolute atomic E-state index is 0.0577. The van der Waals surface area contributed by atoms with Gasteiger partial charge in [0.05, 0.1) is 0 Å². The molecule has 1 fully saturated rings. The predicted octanol–water partition coefficient (Wildman–Crippen LogP) is 2.11. The first-order valence-corrected chi connectivity index (χ1v) is 7.34. The molecule has 0 bridgehead atoms. The summed E-state index contributed by atoms with van der Waals surface area (Å²) < 4.78 is 5.33. The van der Waals surface area contributed by atoms with E-state index in [1.807, 2.05) is 20.8 Å². The minimum atomic E-state index is -1.39. The van der Waals surface area contributed by atoms with Crippen LogP contribution in [-0.2, 0) is 9.53 Å². The van der Waals surface area contributed by atoms with Crippen LogP contribution in [0.3, 0.4) is 0 Å². The van der Waals surface area contributed by atoms with E-state index in [9.17, 15) is 14.7 Å². The van der Waals surface area contributed by atoms with Crippen LogP contribution in [0.15, 0.2) is 0 Å². The molecule has 0 saturated carbocycles.